The summed E-state index contributed by atoms with van der Waals surface area (Å²) in [6, 6.07) is 0. The lowest BCUT2D eigenvalue weighted by atomic mass is 10.5. The number of methoxy groups -OCH3 is 1. The van der Waals surface area contributed by atoms with Gasteiger partial charge in [0.05, 0.1) is 13.2 Å². The van der Waals surface area contributed by atoms with Gasteiger partial charge in [0.2, 0.25) is 0 Å². The summed E-state index contributed by atoms with van der Waals surface area (Å²) >= 11 is 0. The molecule has 0 unspecified atom stereocenters. The van der Waals surface area contributed by atoms with Crippen LogP contribution in [0.15, 0.2) is 11.8 Å². The van der Waals surface area contributed by atoms with E-state index in [2.05, 4.69) is 4.74 Å². The van der Waals surface area contributed by atoms with Crippen molar-refractivity contribution in [3.63, 3.8) is 0 Å². The Kier molecular flexibility index (Phi) is 5.45. The van der Waals surface area contributed by atoms with Gasteiger partial charge in [0.25, 0.3) is 7.37 Å². The van der Waals surface area contributed by atoms with Crippen molar-refractivity contribution in [2.24, 2.45) is 0 Å². The third kappa shape index (κ3) is 4.41. The monoisotopic (exact) mass is 224 g/mol. The van der Waals surface area contributed by atoms with E-state index in [1.165, 1.54) is 14.0 Å². The highest BCUT2D eigenvalue weighted by molar-refractivity contribution is 7.58. The Morgan fingerprint density at radius 2 is 1.93 bits per heavy atom. The number of ether oxygens (including phenoxy) is 1. The van der Waals surface area contributed by atoms with Gasteiger partial charge in [-0.05, 0) is 6.92 Å². The molecule has 14 heavy (non-hydrogen) atoms. The quantitative estimate of drug-likeness (QED) is 0.301. The van der Waals surface area contributed by atoms with Gasteiger partial charge in [0.15, 0.2) is 0 Å². The van der Waals surface area contributed by atoms with E-state index in [0.717, 1.165) is 6.08 Å². The number of carbonyl (C=O) groups is 1. The molecule has 7 heteroatoms. The summed E-state index contributed by atoms with van der Waals surface area (Å²) in [5.74, 6) is -0.645. The number of allylic oxidation sites excluding steroid dienone is 1. The molecule has 0 radical (unpaired) electrons. The molecular formula is C7H13O6P. The van der Waals surface area contributed by atoms with Gasteiger partial charge in [-0.3, -0.25) is 4.57 Å². The minimum Gasteiger partial charge on any atom is -0.466 e. The van der Waals surface area contributed by atoms with Gasteiger partial charge in [0.1, 0.15) is 18.5 Å². The molecule has 0 saturated carbocycles. The second-order valence-corrected chi connectivity index (χ2v) is 4.84. The Morgan fingerprint density at radius 1 is 1.43 bits per heavy atom. The molecule has 82 valence electrons. The fraction of sp³-hybridized carbons (Fsp3) is 0.571. The predicted octanol–water partition coefficient (Wildman–Crippen LogP) is 0.257. The van der Waals surface area contributed by atoms with Gasteiger partial charge in [-0.15, -0.1) is 0 Å². The molecule has 0 aliphatic carbocycles. The second kappa shape index (κ2) is 5.80. The van der Waals surface area contributed by atoms with Gasteiger partial charge >= 0.3 is 5.97 Å². The summed E-state index contributed by atoms with van der Waals surface area (Å²) in [5, 5.41) is 17.3. The van der Waals surface area contributed by atoms with Crippen LogP contribution in [-0.2, 0) is 18.6 Å². The highest BCUT2D eigenvalue weighted by Gasteiger charge is 2.22. The lowest BCUT2D eigenvalue weighted by Crippen LogP contribution is -2.01. The first-order valence-corrected chi connectivity index (χ1v) is 5.72. The molecule has 0 aromatic heterocycles. The molecule has 0 spiro atoms. The third-order valence-corrected chi connectivity index (χ3v) is 2.75. The van der Waals surface area contributed by atoms with E-state index in [0.29, 0.717) is 0 Å². The van der Waals surface area contributed by atoms with Crippen LogP contribution in [0.4, 0.5) is 0 Å². The van der Waals surface area contributed by atoms with Gasteiger partial charge in [0, 0.05) is 0 Å². The zero-order chi connectivity index (χ0) is 11.2. The summed E-state index contributed by atoms with van der Waals surface area (Å²) in [5.41, 5.74) is 0. The van der Waals surface area contributed by atoms with Crippen LogP contribution < -0.4 is 0 Å². The lowest BCUT2D eigenvalue weighted by Gasteiger charge is -2.14. The van der Waals surface area contributed by atoms with Crippen LogP contribution in [0.25, 0.3) is 0 Å². The molecule has 0 heterocycles. The Bertz CT molecular complexity index is 263. The number of hydrogen-bond acceptors (Lipinski definition) is 6. The van der Waals surface area contributed by atoms with Gasteiger partial charge in [-0.2, -0.15) is 0 Å². The van der Waals surface area contributed by atoms with Crippen LogP contribution >= 0.6 is 7.37 Å². The van der Waals surface area contributed by atoms with Crippen molar-refractivity contribution >= 4 is 13.3 Å². The standard InChI is InChI=1S/C7H13O6P/c1-6(3-7(10)12-2)13-14(11,4-8)5-9/h3,8-9H,4-5H2,1-2H3/b6-3+. The zero-order valence-corrected chi connectivity index (χ0v) is 8.86. The maximum atomic E-state index is 11.3. The minimum absolute atomic E-state index is 0.0169. The van der Waals surface area contributed by atoms with Crippen molar-refractivity contribution in [3.05, 3.63) is 11.8 Å². The van der Waals surface area contributed by atoms with E-state index in [1.807, 2.05) is 0 Å². The van der Waals surface area contributed by atoms with Gasteiger partial charge in [-0.25, -0.2) is 4.79 Å². The number of carbonyl (C=O) groups excluding carboxylic acids is 1. The molecule has 0 fully saturated rings. The number of aliphatic hydroxyl groups excluding tert-OH is 2. The Balaban J connectivity index is 4.44. The molecule has 6 nitrogen and oxygen atoms in total. The van der Waals surface area contributed by atoms with Crippen molar-refractivity contribution in [1.29, 1.82) is 0 Å². The highest BCUT2D eigenvalue weighted by atomic mass is 31.2. The second-order valence-electron chi connectivity index (χ2n) is 2.47. The molecular weight excluding hydrogens is 211 g/mol. The molecule has 0 aliphatic rings. The van der Waals surface area contributed by atoms with Crippen LogP contribution in [-0.4, -0.2) is 36.0 Å². The first-order chi connectivity index (χ1) is 6.47. The molecule has 0 atom stereocenters. The Labute approximate surface area is 81.6 Å². The number of rotatable bonds is 5. The summed E-state index contributed by atoms with van der Waals surface area (Å²) < 4.78 is 20.3. The van der Waals surface area contributed by atoms with Gasteiger partial charge < -0.3 is 19.5 Å². The summed E-state index contributed by atoms with van der Waals surface area (Å²) in [4.78, 5) is 10.7. The first-order valence-electron chi connectivity index (χ1n) is 3.73. The largest absolute Gasteiger partial charge is 0.466 e. The van der Waals surface area contributed by atoms with Crippen LogP contribution in [0.2, 0.25) is 0 Å². The van der Waals surface area contributed by atoms with Crippen molar-refractivity contribution in [3.8, 4) is 0 Å². The van der Waals surface area contributed by atoms with Crippen LogP contribution in [0, 0.1) is 0 Å². The predicted molar refractivity (Wildman–Crippen MR) is 48.6 cm³/mol. The molecule has 2 N–H and O–H groups in total. The summed E-state index contributed by atoms with van der Waals surface area (Å²) in [6.45, 7) is 1.37. The molecule has 0 amide bonds. The molecule has 0 aromatic carbocycles. The zero-order valence-electron chi connectivity index (χ0n) is 7.97. The van der Waals surface area contributed by atoms with E-state index in [1.54, 1.807) is 0 Å². The van der Waals surface area contributed by atoms with E-state index in [4.69, 9.17) is 14.7 Å². The Hall–Kier alpha value is -0.840. The average molecular weight is 224 g/mol. The molecule has 0 rings (SSSR count). The summed E-state index contributed by atoms with van der Waals surface area (Å²) in [7, 11) is -2.28. The SMILES string of the molecule is COC(=O)/C=C(\C)OP(=O)(CO)CO. The average Bonchev–Trinajstić information content (AvgIpc) is 2.17. The van der Waals surface area contributed by atoms with E-state index in [9.17, 15) is 9.36 Å². The van der Waals surface area contributed by atoms with Crippen LogP contribution in [0.3, 0.4) is 0 Å². The van der Waals surface area contributed by atoms with Crippen molar-refractivity contribution in [2.75, 3.05) is 19.8 Å². The lowest BCUT2D eigenvalue weighted by molar-refractivity contribution is -0.135. The molecule has 0 aliphatic heterocycles. The van der Waals surface area contributed by atoms with Gasteiger partial charge in [-0.1, -0.05) is 0 Å². The molecule has 0 saturated heterocycles. The van der Waals surface area contributed by atoms with E-state index >= 15 is 0 Å². The van der Waals surface area contributed by atoms with Crippen molar-refractivity contribution in [2.45, 2.75) is 6.92 Å². The number of esters is 1. The molecule has 0 aromatic rings. The fourth-order valence-corrected chi connectivity index (χ4v) is 1.40. The van der Waals surface area contributed by atoms with Crippen LogP contribution in [0.5, 0.6) is 0 Å². The van der Waals surface area contributed by atoms with Crippen LogP contribution in [0.1, 0.15) is 6.92 Å². The normalized spacial score (nSPS) is 12.4. The van der Waals surface area contributed by atoms with E-state index < -0.39 is 26.0 Å². The van der Waals surface area contributed by atoms with Crippen molar-refractivity contribution in [1.82, 2.24) is 0 Å². The maximum absolute atomic E-state index is 11.3. The smallest absolute Gasteiger partial charge is 0.333 e. The molecule has 0 bridgehead atoms. The topological polar surface area (TPSA) is 93.1 Å². The highest BCUT2D eigenvalue weighted by Crippen LogP contribution is 2.46. The fourth-order valence-electron chi connectivity index (χ4n) is 0.616. The summed E-state index contributed by atoms with van der Waals surface area (Å²) in [6.07, 6.45) is -0.594. The maximum Gasteiger partial charge on any atom is 0.333 e. The third-order valence-electron chi connectivity index (χ3n) is 1.26. The number of hydrogen-bond donors (Lipinski definition) is 2. The van der Waals surface area contributed by atoms with E-state index in [-0.39, 0.29) is 5.76 Å². The number of aliphatic hydroxyl groups is 2. The minimum atomic E-state index is -3.47. The van der Waals surface area contributed by atoms with Crippen molar-refractivity contribution < 1.29 is 28.8 Å². The Morgan fingerprint density at radius 3 is 2.29 bits per heavy atom. The first kappa shape index (κ1) is 13.2.